The fourth-order valence-corrected chi connectivity index (χ4v) is 2.06. The first kappa shape index (κ1) is 19.9. The third kappa shape index (κ3) is 6.49. The molecule has 0 saturated carbocycles. The number of benzene rings is 1. The summed E-state index contributed by atoms with van der Waals surface area (Å²) in [5, 5.41) is 0. The van der Waals surface area contributed by atoms with Gasteiger partial charge in [0.25, 0.3) is 0 Å². The van der Waals surface area contributed by atoms with Crippen molar-refractivity contribution in [3.63, 3.8) is 0 Å². The first-order valence-electron chi connectivity index (χ1n) is 3.28. The Hall–Kier alpha value is 1.42. The van der Waals surface area contributed by atoms with Crippen LogP contribution < -0.4 is 9.31 Å². The van der Waals surface area contributed by atoms with Crippen molar-refractivity contribution in [1.82, 2.24) is 0 Å². The molecule has 1 unspecified atom stereocenters. The van der Waals surface area contributed by atoms with Gasteiger partial charge in [-0.25, -0.2) is 0 Å². The van der Waals surface area contributed by atoms with Gasteiger partial charge in [-0.2, -0.15) is 0 Å². The van der Waals surface area contributed by atoms with Gasteiger partial charge < -0.3 is 0 Å². The van der Waals surface area contributed by atoms with Crippen LogP contribution in [0, 0.1) is 0 Å². The second-order valence-electron chi connectivity index (χ2n) is 2.38. The zero-order valence-electron chi connectivity index (χ0n) is 7.19. The molecule has 0 aliphatic rings. The van der Waals surface area contributed by atoms with Crippen molar-refractivity contribution in [1.29, 1.82) is 0 Å². The quantitative estimate of drug-likeness (QED) is 0.612. The zero-order chi connectivity index (χ0) is 7.56. The molecular formula is C8H13Br3NSn. The average Bonchev–Trinajstić information content (AvgIpc) is 1.88. The minimum atomic E-state index is 0. The molecule has 2 N–H and O–H groups in total. The van der Waals surface area contributed by atoms with Crippen molar-refractivity contribution >= 4 is 77.0 Å². The first-order chi connectivity index (χ1) is 4.72. The number of nitrogens with two attached hydrogens (primary N) is 1. The summed E-state index contributed by atoms with van der Waals surface area (Å²) in [4.78, 5) is 0. The van der Waals surface area contributed by atoms with Gasteiger partial charge in [-0.05, 0) is 0 Å². The second-order valence-corrected chi connectivity index (χ2v) is 3.91. The summed E-state index contributed by atoms with van der Waals surface area (Å²) >= 11 is 1.44. The van der Waals surface area contributed by atoms with E-state index in [2.05, 4.69) is 18.2 Å². The molecule has 0 fully saturated rings. The number of halogens is 3. The second kappa shape index (κ2) is 9.95. The third-order valence-corrected chi connectivity index (χ3v) is 2.75. The van der Waals surface area contributed by atoms with Crippen LogP contribution in [0.3, 0.4) is 0 Å². The molecule has 1 nitrogen and oxygen atoms in total. The fourth-order valence-electron chi connectivity index (χ4n) is 0.894. The van der Waals surface area contributed by atoms with Gasteiger partial charge in [0.1, 0.15) is 0 Å². The van der Waals surface area contributed by atoms with Crippen molar-refractivity contribution in [2.45, 2.75) is 13.0 Å². The van der Waals surface area contributed by atoms with E-state index in [1.54, 1.807) is 0 Å². The SMILES string of the molecule is Br.Br.Br.CC(N)c1cccc[c]1[Sn]. The number of rotatable bonds is 1. The van der Waals surface area contributed by atoms with Crippen molar-refractivity contribution in [2.75, 3.05) is 0 Å². The van der Waals surface area contributed by atoms with E-state index in [4.69, 9.17) is 5.73 Å². The van der Waals surface area contributed by atoms with Crippen LogP contribution in [0.2, 0.25) is 0 Å². The van der Waals surface area contributed by atoms with E-state index < -0.39 is 0 Å². The monoisotopic (exact) mass is 480 g/mol. The van der Waals surface area contributed by atoms with Crippen LogP contribution in [0.5, 0.6) is 0 Å². The van der Waals surface area contributed by atoms with Gasteiger partial charge in [-0.15, -0.1) is 50.9 Å². The summed E-state index contributed by atoms with van der Waals surface area (Å²) in [7, 11) is 0. The predicted molar refractivity (Wildman–Crippen MR) is 75.4 cm³/mol. The summed E-state index contributed by atoms with van der Waals surface area (Å²) in [6.07, 6.45) is 0. The molecule has 0 aliphatic heterocycles. The Morgan fingerprint density at radius 1 is 1.15 bits per heavy atom. The molecule has 5 heteroatoms. The molecular weight excluding hydrogens is 469 g/mol. The Bertz CT molecular complexity index is 230. The molecule has 0 aromatic heterocycles. The normalized spacial score (nSPS) is 10.1. The maximum absolute atomic E-state index is 5.73. The predicted octanol–water partition coefficient (Wildman–Crippen LogP) is 2.23. The van der Waals surface area contributed by atoms with Crippen molar-refractivity contribution < 1.29 is 0 Å². The van der Waals surface area contributed by atoms with E-state index in [1.807, 2.05) is 13.0 Å². The Labute approximate surface area is 124 Å². The van der Waals surface area contributed by atoms with E-state index >= 15 is 0 Å². The Kier molecular flexibility index (Phi) is 15.2. The van der Waals surface area contributed by atoms with E-state index in [0.29, 0.717) is 0 Å². The summed E-state index contributed by atoms with van der Waals surface area (Å²) in [6, 6.07) is 8.48. The zero-order valence-corrected chi connectivity index (χ0v) is 15.2. The summed E-state index contributed by atoms with van der Waals surface area (Å²) in [6.45, 7) is 2.02. The van der Waals surface area contributed by atoms with E-state index in [-0.39, 0.29) is 57.0 Å². The Morgan fingerprint density at radius 3 is 1.92 bits per heavy atom. The molecule has 0 heterocycles. The molecule has 0 bridgehead atoms. The van der Waals surface area contributed by atoms with Gasteiger partial charge >= 0.3 is 74.6 Å². The standard InChI is InChI=1S/C8H10N.3BrH.Sn/c1-7(9)8-5-3-2-4-6-8;;;;/h2-5,7H,9H2,1H3;3*1H;. The van der Waals surface area contributed by atoms with Crippen molar-refractivity contribution in [3.05, 3.63) is 29.8 Å². The minimum absolute atomic E-state index is 0. The van der Waals surface area contributed by atoms with Gasteiger partial charge in [-0.3, -0.25) is 0 Å². The van der Waals surface area contributed by atoms with Crippen LogP contribution in [0.1, 0.15) is 18.5 Å². The average molecular weight is 482 g/mol. The molecule has 0 aliphatic carbocycles. The molecule has 3 radical (unpaired) electrons. The van der Waals surface area contributed by atoms with Crippen LogP contribution in [-0.2, 0) is 0 Å². The molecule has 1 atom stereocenters. The molecule has 1 rings (SSSR count). The van der Waals surface area contributed by atoms with Gasteiger partial charge in [0.05, 0.1) is 0 Å². The van der Waals surface area contributed by atoms with E-state index in [0.717, 1.165) is 0 Å². The number of hydrogen-bond acceptors (Lipinski definition) is 1. The van der Waals surface area contributed by atoms with Crippen LogP contribution >= 0.6 is 50.9 Å². The third-order valence-electron chi connectivity index (χ3n) is 1.45. The Morgan fingerprint density at radius 2 is 1.62 bits per heavy atom. The molecule has 0 spiro atoms. The van der Waals surface area contributed by atoms with Gasteiger partial charge in [0, 0.05) is 0 Å². The van der Waals surface area contributed by atoms with Crippen LogP contribution in [0.4, 0.5) is 0 Å². The molecule has 1 aromatic carbocycles. The maximum atomic E-state index is 5.73. The number of hydrogen-bond donors (Lipinski definition) is 1. The summed E-state index contributed by atoms with van der Waals surface area (Å²) < 4.78 is 1.37. The Balaban J connectivity index is -0.000000333. The van der Waals surface area contributed by atoms with Crippen molar-refractivity contribution in [3.8, 4) is 0 Å². The summed E-state index contributed by atoms with van der Waals surface area (Å²) in [5.74, 6) is 0. The topological polar surface area (TPSA) is 26.0 Å². The van der Waals surface area contributed by atoms with Crippen LogP contribution in [0.15, 0.2) is 24.3 Å². The first-order valence-corrected chi connectivity index (χ1v) is 4.70. The fraction of sp³-hybridized carbons (Fsp3) is 0.250. The molecule has 0 saturated heterocycles. The van der Waals surface area contributed by atoms with Gasteiger partial charge in [0.2, 0.25) is 0 Å². The van der Waals surface area contributed by atoms with Gasteiger partial charge in [0.15, 0.2) is 0 Å². The van der Waals surface area contributed by atoms with Crippen molar-refractivity contribution in [2.24, 2.45) is 5.73 Å². The van der Waals surface area contributed by atoms with Crippen LogP contribution in [-0.4, -0.2) is 22.5 Å². The molecule has 1 aromatic rings. The van der Waals surface area contributed by atoms with Gasteiger partial charge in [-0.1, -0.05) is 0 Å². The van der Waals surface area contributed by atoms with Crippen LogP contribution in [0.25, 0.3) is 0 Å². The molecule has 0 amide bonds. The summed E-state index contributed by atoms with van der Waals surface area (Å²) in [5.41, 5.74) is 7.01. The molecule has 13 heavy (non-hydrogen) atoms. The molecule has 75 valence electrons. The van der Waals surface area contributed by atoms with E-state index in [9.17, 15) is 0 Å². The van der Waals surface area contributed by atoms with E-state index in [1.165, 1.54) is 31.7 Å².